The molecule has 6 heteroatoms. The second-order valence-electron chi connectivity index (χ2n) is 20.6. The van der Waals surface area contributed by atoms with Gasteiger partial charge in [-0.25, -0.2) is 0 Å². The monoisotopic (exact) mass is 1000 g/mol. The summed E-state index contributed by atoms with van der Waals surface area (Å²) < 4.78 is 16.9. The predicted octanol–water partition coefficient (Wildman–Crippen LogP) is 20.9. The van der Waals surface area contributed by atoms with Crippen LogP contribution in [0.1, 0.15) is 310 Å². The summed E-state index contributed by atoms with van der Waals surface area (Å²) in [6, 6.07) is 0. The zero-order valence-electron chi connectivity index (χ0n) is 47.7. The van der Waals surface area contributed by atoms with Crippen molar-refractivity contribution in [2.75, 3.05) is 13.2 Å². The molecule has 0 aromatic heterocycles. The van der Waals surface area contributed by atoms with Crippen LogP contribution in [0.3, 0.4) is 0 Å². The Kier molecular flexibility index (Phi) is 57.8. The third-order valence-electron chi connectivity index (χ3n) is 13.4. The Balaban J connectivity index is 4.26. The average molecular weight is 1010 g/mol. The molecule has 0 aromatic carbocycles. The SMILES string of the molecule is CCC/C=C\CCCCCCCC(=O)OCC(COC(=O)CCCCCCCCCCCC/C=C\C/C=C\C/C=C\CCCCCCC)OC(=O)CCCCCCCCCCC/C=C\C/C=C\CCCCC. The van der Waals surface area contributed by atoms with E-state index in [4.69, 9.17) is 14.2 Å². The van der Waals surface area contributed by atoms with Gasteiger partial charge in [-0.05, 0) is 109 Å². The van der Waals surface area contributed by atoms with Crippen LogP contribution in [-0.4, -0.2) is 37.2 Å². The molecule has 1 unspecified atom stereocenters. The number of carbonyl (C=O) groups excluding carboxylic acids is 3. The summed E-state index contributed by atoms with van der Waals surface area (Å²) in [6.45, 7) is 6.55. The smallest absolute Gasteiger partial charge is 0.306 e. The number of unbranched alkanes of at least 4 members (excludes halogenated alkanes) is 33. The van der Waals surface area contributed by atoms with Crippen LogP contribution in [0, 0.1) is 0 Å². The molecular weight excluding hydrogens is 889 g/mol. The highest BCUT2D eigenvalue weighted by Crippen LogP contribution is 2.16. The van der Waals surface area contributed by atoms with Gasteiger partial charge in [-0.15, -0.1) is 0 Å². The molecule has 0 radical (unpaired) electrons. The number of carbonyl (C=O) groups is 3. The van der Waals surface area contributed by atoms with Gasteiger partial charge < -0.3 is 14.2 Å². The summed E-state index contributed by atoms with van der Waals surface area (Å²) in [6.07, 6.45) is 77.6. The lowest BCUT2D eigenvalue weighted by atomic mass is 10.0. The Morgan fingerprint density at radius 2 is 0.528 bits per heavy atom. The van der Waals surface area contributed by atoms with Gasteiger partial charge in [-0.2, -0.15) is 0 Å². The van der Waals surface area contributed by atoms with Gasteiger partial charge in [0.05, 0.1) is 0 Å². The molecule has 0 saturated heterocycles. The highest BCUT2D eigenvalue weighted by Gasteiger charge is 2.19. The minimum Gasteiger partial charge on any atom is -0.462 e. The van der Waals surface area contributed by atoms with E-state index in [2.05, 4.69) is 93.7 Å². The normalized spacial score (nSPS) is 12.5. The van der Waals surface area contributed by atoms with E-state index in [0.717, 1.165) is 89.9 Å². The highest BCUT2D eigenvalue weighted by molar-refractivity contribution is 5.71. The lowest BCUT2D eigenvalue weighted by Gasteiger charge is -2.18. The van der Waals surface area contributed by atoms with Gasteiger partial charge in [0.1, 0.15) is 13.2 Å². The van der Waals surface area contributed by atoms with Crippen LogP contribution in [-0.2, 0) is 28.6 Å². The van der Waals surface area contributed by atoms with Crippen molar-refractivity contribution in [3.05, 3.63) is 72.9 Å². The Morgan fingerprint density at radius 3 is 0.875 bits per heavy atom. The lowest BCUT2D eigenvalue weighted by molar-refractivity contribution is -0.167. The summed E-state index contributed by atoms with van der Waals surface area (Å²) in [7, 11) is 0. The summed E-state index contributed by atoms with van der Waals surface area (Å²) in [5, 5.41) is 0. The fourth-order valence-electron chi connectivity index (χ4n) is 8.72. The first-order chi connectivity index (χ1) is 35.5. The van der Waals surface area contributed by atoms with E-state index in [1.807, 2.05) is 0 Å². The molecule has 0 fully saturated rings. The van der Waals surface area contributed by atoms with Gasteiger partial charge in [-0.1, -0.05) is 254 Å². The maximum Gasteiger partial charge on any atom is 0.306 e. The predicted molar refractivity (Wildman–Crippen MR) is 311 cm³/mol. The first-order valence-corrected chi connectivity index (χ1v) is 30.9. The molecule has 416 valence electrons. The van der Waals surface area contributed by atoms with Crippen molar-refractivity contribution in [3.63, 3.8) is 0 Å². The molecule has 6 nitrogen and oxygen atoms in total. The van der Waals surface area contributed by atoms with E-state index < -0.39 is 6.10 Å². The van der Waals surface area contributed by atoms with Gasteiger partial charge in [0.15, 0.2) is 6.10 Å². The number of esters is 3. The first kappa shape index (κ1) is 68.8. The van der Waals surface area contributed by atoms with Crippen molar-refractivity contribution < 1.29 is 28.6 Å². The molecule has 0 aliphatic carbocycles. The minimum atomic E-state index is -0.783. The van der Waals surface area contributed by atoms with Crippen LogP contribution < -0.4 is 0 Å². The molecule has 0 aromatic rings. The fraction of sp³-hybridized carbons (Fsp3) is 0.773. The quantitative estimate of drug-likeness (QED) is 0.0261. The summed E-state index contributed by atoms with van der Waals surface area (Å²) in [5.74, 6) is -0.890. The topological polar surface area (TPSA) is 78.9 Å². The Labute approximate surface area is 446 Å². The Bertz CT molecular complexity index is 1340. The van der Waals surface area contributed by atoms with E-state index in [0.29, 0.717) is 19.3 Å². The number of rotatable bonds is 56. The molecule has 0 saturated carbocycles. The van der Waals surface area contributed by atoms with Crippen molar-refractivity contribution in [1.29, 1.82) is 0 Å². The van der Waals surface area contributed by atoms with Crippen LogP contribution in [0.25, 0.3) is 0 Å². The molecule has 0 N–H and O–H groups in total. The fourth-order valence-corrected chi connectivity index (χ4v) is 8.72. The van der Waals surface area contributed by atoms with E-state index in [1.54, 1.807) is 0 Å². The summed E-state index contributed by atoms with van der Waals surface area (Å²) in [4.78, 5) is 38.2. The number of hydrogen-bond donors (Lipinski definition) is 0. The van der Waals surface area contributed by atoms with E-state index in [9.17, 15) is 14.4 Å². The average Bonchev–Trinajstić information content (AvgIpc) is 3.38. The Hall–Kier alpha value is -3.15. The summed E-state index contributed by atoms with van der Waals surface area (Å²) >= 11 is 0. The molecule has 1 atom stereocenters. The molecule has 0 heterocycles. The van der Waals surface area contributed by atoms with E-state index >= 15 is 0 Å². The molecule has 0 bridgehead atoms. The maximum absolute atomic E-state index is 12.9. The second-order valence-corrected chi connectivity index (χ2v) is 20.6. The van der Waals surface area contributed by atoms with Crippen LogP contribution in [0.5, 0.6) is 0 Å². The van der Waals surface area contributed by atoms with Gasteiger partial charge in [0.2, 0.25) is 0 Å². The zero-order chi connectivity index (χ0) is 52.2. The molecule has 0 amide bonds. The van der Waals surface area contributed by atoms with Crippen molar-refractivity contribution in [1.82, 2.24) is 0 Å². The standard InChI is InChI=1S/C66H116O6/c1-4-7-10-13-16-19-22-24-26-28-30-31-32-33-34-35-37-38-40-42-44-47-50-53-56-59-65(68)71-62-63(61-70-64(67)58-55-52-49-46-21-18-15-12-9-6-3)72-66(69)60-57-54-51-48-45-43-41-39-36-29-27-25-23-20-17-14-11-8-5-2/h12,15,17,20,22,24-25,27-28,30,32-33,63H,4-11,13-14,16,18-19,21,23,26,29,31,34-62H2,1-3H3/b15-12-,20-17-,24-22-,27-25-,30-28-,33-32-. The third kappa shape index (κ3) is 57.7. The Morgan fingerprint density at radius 1 is 0.278 bits per heavy atom. The van der Waals surface area contributed by atoms with Crippen molar-refractivity contribution in [2.24, 2.45) is 0 Å². The molecule has 72 heavy (non-hydrogen) atoms. The van der Waals surface area contributed by atoms with Gasteiger partial charge >= 0.3 is 17.9 Å². The van der Waals surface area contributed by atoms with Crippen LogP contribution in [0.4, 0.5) is 0 Å². The minimum absolute atomic E-state index is 0.0809. The van der Waals surface area contributed by atoms with Gasteiger partial charge in [0, 0.05) is 19.3 Å². The number of hydrogen-bond acceptors (Lipinski definition) is 6. The van der Waals surface area contributed by atoms with Crippen LogP contribution >= 0.6 is 0 Å². The van der Waals surface area contributed by atoms with Crippen molar-refractivity contribution >= 4 is 17.9 Å². The van der Waals surface area contributed by atoms with Crippen molar-refractivity contribution in [2.45, 2.75) is 316 Å². The third-order valence-corrected chi connectivity index (χ3v) is 13.4. The molecule has 0 aliphatic rings. The summed E-state index contributed by atoms with van der Waals surface area (Å²) in [5.41, 5.74) is 0. The van der Waals surface area contributed by atoms with Crippen LogP contribution in [0.15, 0.2) is 72.9 Å². The number of allylic oxidation sites excluding steroid dienone is 12. The second kappa shape index (κ2) is 60.4. The van der Waals surface area contributed by atoms with Gasteiger partial charge in [0.25, 0.3) is 0 Å². The number of ether oxygens (including phenoxy) is 3. The molecule has 0 spiro atoms. The van der Waals surface area contributed by atoms with Gasteiger partial charge in [-0.3, -0.25) is 14.4 Å². The van der Waals surface area contributed by atoms with E-state index in [1.165, 1.54) is 180 Å². The van der Waals surface area contributed by atoms with E-state index in [-0.39, 0.29) is 31.1 Å². The van der Waals surface area contributed by atoms with Crippen molar-refractivity contribution in [3.8, 4) is 0 Å². The molecule has 0 rings (SSSR count). The highest BCUT2D eigenvalue weighted by atomic mass is 16.6. The molecule has 0 aliphatic heterocycles. The lowest BCUT2D eigenvalue weighted by Crippen LogP contribution is -2.30. The van der Waals surface area contributed by atoms with Crippen LogP contribution in [0.2, 0.25) is 0 Å². The zero-order valence-corrected chi connectivity index (χ0v) is 47.7. The maximum atomic E-state index is 12.9. The molecular formula is C66H116O6. The first-order valence-electron chi connectivity index (χ1n) is 30.9. The largest absolute Gasteiger partial charge is 0.462 e.